The second kappa shape index (κ2) is 6.68. The highest BCUT2D eigenvalue weighted by atomic mass is 32.1. The lowest BCUT2D eigenvalue weighted by molar-refractivity contribution is 0.112. The van der Waals surface area contributed by atoms with Crippen LogP contribution in [0.25, 0.3) is 0 Å². The highest BCUT2D eigenvalue weighted by Gasteiger charge is 2.30. The van der Waals surface area contributed by atoms with E-state index in [-0.39, 0.29) is 5.92 Å². The van der Waals surface area contributed by atoms with E-state index >= 15 is 0 Å². The van der Waals surface area contributed by atoms with Crippen molar-refractivity contribution in [1.82, 2.24) is 24.9 Å². The predicted octanol–water partition coefficient (Wildman–Crippen LogP) is 1.88. The van der Waals surface area contributed by atoms with E-state index in [1.807, 2.05) is 17.2 Å². The molecule has 0 aromatic carbocycles. The first-order chi connectivity index (χ1) is 10.7. The van der Waals surface area contributed by atoms with Gasteiger partial charge in [0.05, 0.1) is 30.1 Å². The van der Waals surface area contributed by atoms with Crippen molar-refractivity contribution in [3.05, 3.63) is 40.1 Å². The highest BCUT2D eigenvalue weighted by molar-refractivity contribution is 7.09. The van der Waals surface area contributed by atoms with Gasteiger partial charge in [-0.05, 0) is 6.92 Å². The van der Waals surface area contributed by atoms with E-state index in [9.17, 15) is 0 Å². The average Bonchev–Trinajstić information content (AvgIpc) is 3.06. The first-order valence-corrected chi connectivity index (χ1v) is 8.25. The van der Waals surface area contributed by atoms with Crippen molar-refractivity contribution < 1.29 is 4.74 Å². The van der Waals surface area contributed by atoms with Crippen LogP contribution < -0.4 is 0 Å². The minimum absolute atomic E-state index is 0.289. The van der Waals surface area contributed by atoms with Gasteiger partial charge in [-0.3, -0.25) is 9.58 Å². The summed E-state index contributed by atoms with van der Waals surface area (Å²) in [6, 6.07) is 0. The van der Waals surface area contributed by atoms with Gasteiger partial charge in [0.25, 0.3) is 0 Å². The van der Waals surface area contributed by atoms with Crippen LogP contribution in [0.4, 0.5) is 0 Å². The molecule has 22 heavy (non-hydrogen) atoms. The highest BCUT2D eigenvalue weighted by Crippen LogP contribution is 2.28. The first kappa shape index (κ1) is 15.3. The monoisotopic (exact) mass is 319 g/mol. The summed E-state index contributed by atoms with van der Waals surface area (Å²) in [6.07, 6.45) is 1.78. The van der Waals surface area contributed by atoms with E-state index in [4.69, 9.17) is 4.74 Å². The molecule has 2 aromatic heterocycles. The second-order valence-corrected chi connectivity index (χ2v) is 6.54. The molecule has 1 atom stereocenters. The molecule has 1 aliphatic heterocycles. The molecule has 0 N–H and O–H groups in total. The van der Waals surface area contributed by atoms with E-state index in [2.05, 4.69) is 33.7 Å². The van der Waals surface area contributed by atoms with Gasteiger partial charge in [0.15, 0.2) is 0 Å². The normalized spacial score (nSPS) is 18.4. The van der Waals surface area contributed by atoms with Crippen molar-refractivity contribution in [2.45, 2.75) is 25.9 Å². The molecule has 0 bridgehead atoms. The molecule has 3 rings (SSSR count). The molecule has 0 saturated heterocycles. The van der Waals surface area contributed by atoms with Gasteiger partial charge in [0.1, 0.15) is 5.69 Å². The van der Waals surface area contributed by atoms with Crippen LogP contribution >= 0.6 is 11.3 Å². The van der Waals surface area contributed by atoms with Crippen LogP contribution in [0, 0.1) is 6.92 Å². The van der Waals surface area contributed by atoms with Crippen LogP contribution in [0.15, 0.2) is 18.2 Å². The maximum atomic E-state index is 5.69. The second-order valence-electron chi connectivity index (χ2n) is 5.60. The van der Waals surface area contributed by atoms with Crippen LogP contribution in [0.5, 0.6) is 0 Å². The Bertz CT molecular complexity index is 650. The van der Waals surface area contributed by atoms with Gasteiger partial charge in [-0.2, -0.15) is 0 Å². The molecule has 1 aliphatic rings. The van der Waals surface area contributed by atoms with E-state index in [1.165, 1.54) is 10.6 Å². The lowest BCUT2D eigenvalue weighted by atomic mass is 9.99. The van der Waals surface area contributed by atoms with Gasteiger partial charge in [-0.25, -0.2) is 4.98 Å². The fourth-order valence-corrected chi connectivity index (χ4v) is 3.74. The van der Waals surface area contributed by atoms with Crippen LogP contribution in [-0.4, -0.2) is 44.6 Å². The molecule has 1 unspecified atom stereocenters. The van der Waals surface area contributed by atoms with Crippen LogP contribution in [0.1, 0.15) is 27.9 Å². The van der Waals surface area contributed by atoms with Crippen molar-refractivity contribution in [2.75, 3.05) is 19.8 Å². The summed E-state index contributed by atoms with van der Waals surface area (Å²) in [4.78, 5) is 8.05. The van der Waals surface area contributed by atoms with Crippen molar-refractivity contribution in [3.8, 4) is 0 Å². The lowest BCUT2D eigenvalue weighted by Crippen LogP contribution is -2.36. The van der Waals surface area contributed by atoms with Crippen molar-refractivity contribution in [1.29, 1.82) is 0 Å². The standard InChI is InChI=1S/C15H21N5OS/c1-4-5-21-9-12-6-20(8-14-11(2)16-10-22-14)7-13-15(12)19(3)18-17-13/h4,10,12H,1,5-9H2,2-3H3. The Hall–Kier alpha value is -1.57. The van der Waals surface area contributed by atoms with Gasteiger partial charge in [-0.15, -0.1) is 23.0 Å². The molecule has 0 saturated carbocycles. The molecule has 0 fully saturated rings. The third-order valence-corrected chi connectivity index (χ3v) is 4.87. The van der Waals surface area contributed by atoms with Gasteiger partial charge in [-0.1, -0.05) is 11.3 Å². The lowest BCUT2D eigenvalue weighted by Gasteiger charge is -2.31. The molecule has 118 valence electrons. The molecular weight excluding hydrogens is 298 g/mol. The maximum Gasteiger partial charge on any atom is 0.100 e. The van der Waals surface area contributed by atoms with Gasteiger partial charge >= 0.3 is 0 Å². The number of aryl methyl sites for hydroxylation is 2. The number of hydrogen-bond acceptors (Lipinski definition) is 6. The number of rotatable bonds is 6. The van der Waals surface area contributed by atoms with E-state index in [1.54, 1.807) is 17.4 Å². The van der Waals surface area contributed by atoms with Crippen molar-refractivity contribution in [2.24, 2.45) is 7.05 Å². The Kier molecular flexibility index (Phi) is 4.66. The summed E-state index contributed by atoms with van der Waals surface area (Å²) in [5.74, 6) is 0.289. The number of fused-ring (bicyclic) bond motifs is 1. The zero-order chi connectivity index (χ0) is 15.5. The number of ether oxygens (including phenoxy) is 1. The molecule has 0 aliphatic carbocycles. The van der Waals surface area contributed by atoms with Crippen LogP contribution in [-0.2, 0) is 24.9 Å². The van der Waals surface area contributed by atoms with E-state index in [0.717, 1.165) is 31.0 Å². The fraction of sp³-hybridized carbons (Fsp3) is 0.533. The molecule has 6 nitrogen and oxygen atoms in total. The molecular formula is C15H21N5OS. The number of thiazole rings is 1. The third-order valence-electron chi connectivity index (χ3n) is 3.95. The van der Waals surface area contributed by atoms with Gasteiger partial charge in [0.2, 0.25) is 0 Å². The summed E-state index contributed by atoms with van der Waals surface area (Å²) >= 11 is 1.71. The zero-order valence-corrected chi connectivity index (χ0v) is 13.8. The summed E-state index contributed by atoms with van der Waals surface area (Å²) in [6.45, 7) is 9.69. The Morgan fingerprint density at radius 2 is 2.41 bits per heavy atom. The fourth-order valence-electron chi connectivity index (χ4n) is 2.92. The van der Waals surface area contributed by atoms with E-state index < -0.39 is 0 Å². The molecule has 0 amide bonds. The number of hydrogen-bond donors (Lipinski definition) is 0. The SMILES string of the molecule is C=CCOCC1CN(Cc2scnc2C)Cc2nnn(C)c21. The zero-order valence-electron chi connectivity index (χ0n) is 13.0. The third kappa shape index (κ3) is 3.11. The maximum absolute atomic E-state index is 5.69. The summed E-state index contributed by atoms with van der Waals surface area (Å²) in [5.41, 5.74) is 5.28. The Morgan fingerprint density at radius 1 is 1.55 bits per heavy atom. The molecule has 0 spiro atoms. The van der Waals surface area contributed by atoms with E-state index in [0.29, 0.717) is 13.2 Å². The molecule has 7 heteroatoms. The quantitative estimate of drug-likeness (QED) is 0.601. The van der Waals surface area contributed by atoms with Crippen LogP contribution in [0.2, 0.25) is 0 Å². The van der Waals surface area contributed by atoms with Gasteiger partial charge < -0.3 is 4.74 Å². The van der Waals surface area contributed by atoms with Crippen LogP contribution in [0.3, 0.4) is 0 Å². The average molecular weight is 319 g/mol. The smallest absolute Gasteiger partial charge is 0.100 e. The Balaban J connectivity index is 1.76. The largest absolute Gasteiger partial charge is 0.377 e. The Morgan fingerprint density at radius 3 is 3.14 bits per heavy atom. The minimum atomic E-state index is 0.289. The molecule has 0 radical (unpaired) electrons. The Labute approximate surface area is 134 Å². The van der Waals surface area contributed by atoms with Gasteiger partial charge in [0, 0.05) is 37.5 Å². The number of aromatic nitrogens is 4. The minimum Gasteiger partial charge on any atom is -0.377 e. The summed E-state index contributed by atoms with van der Waals surface area (Å²) in [5, 5.41) is 8.50. The summed E-state index contributed by atoms with van der Waals surface area (Å²) in [7, 11) is 1.95. The van der Waals surface area contributed by atoms with Crippen molar-refractivity contribution >= 4 is 11.3 Å². The first-order valence-electron chi connectivity index (χ1n) is 7.37. The number of nitrogens with zero attached hydrogens (tertiary/aromatic N) is 5. The molecule has 3 heterocycles. The topological polar surface area (TPSA) is 56.1 Å². The summed E-state index contributed by atoms with van der Waals surface area (Å²) < 4.78 is 7.57. The molecule has 2 aromatic rings. The predicted molar refractivity (Wildman–Crippen MR) is 85.7 cm³/mol. The van der Waals surface area contributed by atoms with Crippen molar-refractivity contribution in [3.63, 3.8) is 0 Å².